The van der Waals surface area contributed by atoms with Crippen molar-refractivity contribution in [3.8, 4) is 6.07 Å². The van der Waals surface area contributed by atoms with Crippen molar-refractivity contribution < 1.29 is 14.3 Å². The third-order valence-corrected chi connectivity index (χ3v) is 4.47. The van der Waals surface area contributed by atoms with Gasteiger partial charge in [-0.1, -0.05) is 36.0 Å². The van der Waals surface area contributed by atoms with E-state index in [1.807, 2.05) is 31.2 Å². The average molecular weight is 316 g/mol. The van der Waals surface area contributed by atoms with Gasteiger partial charge in [0.25, 0.3) is 0 Å². The number of amides is 1. The summed E-state index contributed by atoms with van der Waals surface area (Å²) in [6.45, 7) is 1.96. The molecule has 2 rings (SSSR count). The summed E-state index contributed by atoms with van der Waals surface area (Å²) in [6, 6.07) is 9.88. The Kier molecular flexibility index (Phi) is 5.23. The highest BCUT2D eigenvalue weighted by Gasteiger charge is 2.30. The van der Waals surface area contributed by atoms with Crippen LogP contribution in [0.25, 0.3) is 0 Å². The van der Waals surface area contributed by atoms with Gasteiger partial charge in [0.1, 0.15) is 0 Å². The molecule has 0 saturated heterocycles. The van der Waals surface area contributed by atoms with Crippen molar-refractivity contribution in [2.75, 3.05) is 12.9 Å². The lowest BCUT2D eigenvalue weighted by atomic mass is 9.85. The summed E-state index contributed by atoms with van der Waals surface area (Å²) in [7, 11) is 1.30. The number of allylic oxidation sites excluding steroid dienone is 1. The number of carbonyl (C=O) groups excluding carboxylic acids is 2. The van der Waals surface area contributed by atoms with Crippen LogP contribution in [0.2, 0.25) is 0 Å². The molecule has 1 aromatic carbocycles. The molecule has 1 amide bonds. The molecule has 1 aliphatic rings. The number of carbonyl (C=O) groups is 2. The fraction of sp³-hybridized carbons (Fsp3) is 0.312. The second-order valence-corrected chi connectivity index (χ2v) is 5.87. The standard InChI is InChI=1S/C16H16N2O3S/c1-10-5-3-4-6-11(10)12-7-14(19)18-16(13(12)8-17)22-9-15(20)21-2/h3-6,12H,7,9H2,1-2H3,(H,18,19). The smallest absolute Gasteiger partial charge is 0.316 e. The number of nitrogens with zero attached hydrogens (tertiary/aromatic N) is 1. The number of nitriles is 1. The summed E-state index contributed by atoms with van der Waals surface area (Å²) >= 11 is 1.12. The van der Waals surface area contributed by atoms with E-state index in [1.54, 1.807) is 0 Å². The van der Waals surface area contributed by atoms with Crippen molar-refractivity contribution >= 4 is 23.6 Å². The summed E-state index contributed by atoms with van der Waals surface area (Å²) in [6.07, 6.45) is 0.232. The summed E-state index contributed by atoms with van der Waals surface area (Å²) in [5.41, 5.74) is 2.49. The summed E-state index contributed by atoms with van der Waals surface area (Å²) in [5, 5.41) is 12.6. The Bertz CT molecular complexity index is 676. The number of aryl methyl sites for hydroxylation is 1. The molecule has 0 bridgehead atoms. The topological polar surface area (TPSA) is 79.2 Å². The second-order valence-electron chi connectivity index (χ2n) is 4.88. The van der Waals surface area contributed by atoms with E-state index in [0.717, 1.165) is 22.9 Å². The number of nitrogens with one attached hydrogen (secondary N) is 1. The largest absolute Gasteiger partial charge is 0.468 e. The van der Waals surface area contributed by atoms with E-state index in [0.29, 0.717) is 10.6 Å². The molecule has 114 valence electrons. The molecule has 1 atom stereocenters. The van der Waals surface area contributed by atoms with E-state index >= 15 is 0 Å². The monoisotopic (exact) mass is 316 g/mol. The highest BCUT2D eigenvalue weighted by atomic mass is 32.2. The number of hydrogen-bond acceptors (Lipinski definition) is 5. The van der Waals surface area contributed by atoms with E-state index in [4.69, 9.17) is 0 Å². The molecule has 0 spiro atoms. The molecular weight excluding hydrogens is 300 g/mol. The highest BCUT2D eigenvalue weighted by molar-refractivity contribution is 8.03. The number of ether oxygens (including phenoxy) is 1. The molecule has 1 heterocycles. The number of rotatable bonds is 4. The van der Waals surface area contributed by atoms with Crippen LogP contribution in [0.5, 0.6) is 0 Å². The van der Waals surface area contributed by atoms with Crippen LogP contribution in [0, 0.1) is 18.3 Å². The lowest BCUT2D eigenvalue weighted by molar-refractivity contribution is -0.137. The number of hydrogen-bond donors (Lipinski definition) is 1. The molecule has 1 unspecified atom stereocenters. The van der Waals surface area contributed by atoms with Gasteiger partial charge >= 0.3 is 5.97 Å². The first kappa shape index (κ1) is 16.1. The van der Waals surface area contributed by atoms with Crippen LogP contribution >= 0.6 is 11.8 Å². The van der Waals surface area contributed by atoms with Gasteiger partial charge in [-0.05, 0) is 18.1 Å². The summed E-state index contributed by atoms with van der Waals surface area (Å²) in [4.78, 5) is 23.2. The molecule has 1 aromatic rings. The first-order chi connectivity index (χ1) is 10.6. The third kappa shape index (κ3) is 3.49. The molecule has 0 saturated carbocycles. The van der Waals surface area contributed by atoms with E-state index in [1.165, 1.54) is 7.11 Å². The van der Waals surface area contributed by atoms with Crippen LogP contribution < -0.4 is 5.32 Å². The molecular formula is C16H16N2O3S. The highest BCUT2D eigenvalue weighted by Crippen LogP contribution is 2.37. The van der Waals surface area contributed by atoms with Gasteiger partial charge in [0.2, 0.25) is 5.91 Å². The van der Waals surface area contributed by atoms with Crippen molar-refractivity contribution in [2.45, 2.75) is 19.3 Å². The maximum Gasteiger partial charge on any atom is 0.316 e. The maximum atomic E-state index is 12.0. The second kappa shape index (κ2) is 7.14. The zero-order valence-electron chi connectivity index (χ0n) is 12.4. The Labute approximate surface area is 133 Å². The Balaban J connectivity index is 2.37. The summed E-state index contributed by atoms with van der Waals surface area (Å²) < 4.78 is 4.59. The average Bonchev–Trinajstić information content (AvgIpc) is 2.52. The van der Waals surface area contributed by atoms with Gasteiger partial charge in [-0.2, -0.15) is 5.26 Å². The SMILES string of the molecule is COC(=O)CSC1=C(C#N)C(c2ccccc2C)CC(=O)N1. The first-order valence-corrected chi connectivity index (χ1v) is 7.74. The van der Waals surface area contributed by atoms with E-state index in [-0.39, 0.29) is 24.0 Å². The quantitative estimate of drug-likeness (QED) is 0.862. The minimum atomic E-state index is -0.401. The molecule has 22 heavy (non-hydrogen) atoms. The minimum absolute atomic E-state index is 0.0534. The van der Waals surface area contributed by atoms with Crippen LogP contribution in [0.15, 0.2) is 34.9 Å². The van der Waals surface area contributed by atoms with Crippen molar-refractivity contribution in [1.29, 1.82) is 5.26 Å². The van der Waals surface area contributed by atoms with Crippen LogP contribution in [-0.4, -0.2) is 24.7 Å². The van der Waals surface area contributed by atoms with Crippen molar-refractivity contribution in [2.24, 2.45) is 0 Å². The third-order valence-electron chi connectivity index (χ3n) is 3.48. The molecule has 0 fully saturated rings. The fourth-order valence-corrected chi connectivity index (χ4v) is 3.28. The van der Waals surface area contributed by atoms with Gasteiger partial charge in [0.15, 0.2) is 0 Å². The Hall–Kier alpha value is -2.26. The van der Waals surface area contributed by atoms with Crippen molar-refractivity contribution in [3.05, 3.63) is 46.0 Å². The van der Waals surface area contributed by atoms with E-state index in [2.05, 4.69) is 16.1 Å². The number of thioether (sulfide) groups is 1. The Morgan fingerprint density at radius 1 is 1.50 bits per heavy atom. The molecule has 0 radical (unpaired) electrons. The normalized spacial score (nSPS) is 17.7. The number of methoxy groups -OCH3 is 1. The lowest BCUT2D eigenvalue weighted by Gasteiger charge is -2.26. The van der Waals surface area contributed by atoms with Gasteiger partial charge < -0.3 is 10.1 Å². The van der Waals surface area contributed by atoms with Gasteiger partial charge in [-0.3, -0.25) is 9.59 Å². The zero-order valence-corrected chi connectivity index (χ0v) is 13.2. The van der Waals surface area contributed by atoms with E-state index in [9.17, 15) is 14.9 Å². The molecule has 0 aliphatic carbocycles. The van der Waals surface area contributed by atoms with Gasteiger partial charge in [0, 0.05) is 12.3 Å². The molecule has 0 aromatic heterocycles. The molecule has 1 aliphatic heterocycles. The molecule has 6 heteroatoms. The molecule has 1 N–H and O–H groups in total. The van der Waals surface area contributed by atoms with Crippen LogP contribution in [0.3, 0.4) is 0 Å². The van der Waals surface area contributed by atoms with Crippen LogP contribution in [0.1, 0.15) is 23.5 Å². The maximum absolute atomic E-state index is 12.0. The zero-order chi connectivity index (χ0) is 16.1. The fourth-order valence-electron chi connectivity index (χ4n) is 2.37. The Morgan fingerprint density at radius 3 is 2.86 bits per heavy atom. The minimum Gasteiger partial charge on any atom is -0.468 e. The van der Waals surface area contributed by atoms with Crippen LogP contribution in [0.4, 0.5) is 0 Å². The summed E-state index contributed by atoms with van der Waals surface area (Å²) in [5.74, 6) is -0.778. The number of benzene rings is 1. The first-order valence-electron chi connectivity index (χ1n) is 6.76. The molecule has 5 nitrogen and oxygen atoms in total. The van der Waals surface area contributed by atoms with Crippen LogP contribution in [-0.2, 0) is 14.3 Å². The van der Waals surface area contributed by atoms with Gasteiger partial charge in [0.05, 0.1) is 29.5 Å². The van der Waals surface area contributed by atoms with Crippen molar-refractivity contribution in [3.63, 3.8) is 0 Å². The van der Waals surface area contributed by atoms with E-state index < -0.39 is 5.97 Å². The van der Waals surface area contributed by atoms with Gasteiger partial charge in [-0.25, -0.2) is 0 Å². The predicted molar refractivity (Wildman–Crippen MR) is 83.8 cm³/mol. The number of esters is 1. The predicted octanol–water partition coefficient (Wildman–Crippen LogP) is 2.24. The Morgan fingerprint density at radius 2 is 2.23 bits per heavy atom. The van der Waals surface area contributed by atoms with Crippen molar-refractivity contribution in [1.82, 2.24) is 5.32 Å². The lowest BCUT2D eigenvalue weighted by Crippen LogP contribution is -2.31. The van der Waals surface area contributed by atoms with Gasteiger partial charge in [-0.15, -0.1) is 0 Å².